The number of nitrogens with zero attached hydrogens (tertiary/aromatic N) is 3. The predicted octanol–water partition coefficient (Wildman–Crippen LogP) is 3.73. The number of fused-ring (bicyclic) bond motifs is 2. The maximum atomic E-state index is 12.6. The zero-order chi connectivity index (χ0) is 20.5. The summed E-state index contributed by atoms with van der Waals surface area (Å²) < 4.78 is 1.40. The molecule has 2 aromatic heterocycles. The van der Waals surface area contributed by atoms with Gasteiger partial charge in [0.15, 0.2) is 5.75 Å². The van der Waals surface area contributed by atoms with Gasteiger partial charge in [-0.1, -0.05) is 48.5 Å². The van der Waals surface area contributed by atoms with E-state index in [-0.39, 0.29) is 17.4 Å². The molecule has 0 aliphatic carbocycles. The second-order valence-corrected chi connectivity index (χ2v) is 6.74. The van der Waals surface area contributed by atoms with Gasteiger partial charge in [0.05, 0.1) is 11.0 Å². The van der Waals surface area contributed by atoms with Crippen molar-refractivity contribution in [3.05, 3.63) is 88.8 Å². The highest BCUT2D eigenvalue weighted by atomic mass is 17.1. The molecule has 30 heavy (non-hydrogen) atoms. The summed E-state index contributed by atoms with van der Waals surface area (Å²) in [5.41, 5.74) is 2.43. The summed E-state index contributed by atoms with van der Waals surface area (Å²) in [6.07, 6.45) is 0. The van der Waals surface area contributed by atoms with Crippen LogP contribution in [0.5, 0.6) is 5.75 Å². The minimum Gasteiger partial charge on any atom is -0.365 e. The van der Waals surface area contributed by atoms with Crippen molar-refractivity contribution in [2.75, 3.05) is 5.32 Å². The third-order valence-corrected chi connectivity index (χ3v) is 4.87. The van der Waals surface area contributed by atoms with E-state index in [2.05, 4.69) is 25.2 Å². The predicted molar refractivity (Wildman–Crippen MR) is 114 cm³/mol. The van der Waals surface area contributed by atoms with Crippen LogP contribution in [0.25, 0.3) is 27.9 Å². The average Bonchev–Trinajstić information content (AvgIpc) is 3.13. The first-order valence-corrected chi connectivity index (χ1v) is 9.35. The first kappa shape index (κ1) is 17.9. The quantitative estimate of drug-likeness (QED) is 0.307. The molecule has 0 saturated heterocycles. The van der Waals surface area contributed by atoms with Gasteiger partial charge in [0.1, 0.15) is 11.3 Å². The van der Waals surface area contributed by atoms with Crippen LogP contribution in [0.1, 0.15) is 5.56 Å². The van der Waals surface area contributed by atoms with Gasteiger partial charge >= 0.3 is 5.69 Å². The molecule has 0 radical (unpaired) electrons. The van der Waals surface area contributed by atoms with E-state index in [1.165, 1.54) is 4.57 Å². The lowest BCUT2D eigenvalue weighted by Gasteiger charge is -2.12. The summed E-state index contributed by atoms with van der Waals surface area (Å²) in [5, 5.41) is 13.3. The van der Waals surface area contributed by atoms with Crippen molar-refractivity contribution in [3.8, 4) is 11.7 Å². The fourth-order valence-corrected chi connectivity index (χ4v) is 3.46. The highest BCUT2D eigenvalue weighted by Crippen LogP contribution is 2.29. The molecule has 3 aromatic carbocycles. The van der Waals surface area contributed by atoms with E-state index in [0.29, 0.717) is 34.3 Å². The largest absolute Gasteiger partial charge is 0.365 e. The molecule has 0 amide bonds. The van der Waals surface area contributed by atoms with Crippen LogP contribution in [0.4, 0.5) is 5.82 Å². The van der Waals surface area contributed by atoms with Crippen LogP contribution in [0, 0.1) is 0 Å². The SMILES string of the molecule is O=c1[nH]c2ccccc2n1-c1nc(NCc2ccccc2)c2cccc(OO)c2n1. The normalized spacial score (nSPS) is 11.1. The van der Waals surface area contributed by atoms with Crippen LogP contribution < -0.4 is 15.9 Å². The van der Waals surface area contributed by atoms with Gasteiger partial charge in [0, 0.05) is 11.9 Å². The minimum atomic E-state index is -0.355. The van der Waals surface area contributed by atoms with E-state index in [9.17, 15) is 10.1 Å². The van der Waals surface area contributed by atoms with E-state index in [0.717, 1.165) is 5.56 Å². The van der Waals surface area contributed by atoms with Gasteiger partial charge in [0.25, 0.3) is 0 Å². The average molecular weight is 399 g/mol. The molecule has 0 fully saturated rings. The monoisotopic (exact) mass is 399 g/mol. The number of hydrogen-bond donors (Lipinski definition) is 3. The fourth-order valence-electron chi connectivity index (χ4n) is 3.46. The third kappa shape index (κ3) is 3.05. The fraction of sp³-hybridized carbons (Fsp3) is 0.0455. The van der Waals surface area contributed by atoms with Crippen molar-refractivity contribution in [1.82, 2.24) is 19.5 Å². The molecule has 3 N–H and O–H groups in total. The summed E-state index contributed by atoms with van der Waals surface area (Å²) >= 11 is 0. The first-order valence-electron chi connectivity index (χ1n) is 9.35. The summed E-state index contributed by atoms with van der Waals surface area (Å²) in [7, 11) is 0. The van der Waals surface area contributed by atoms with E-state index in [1.807, 2.05) is 60.7 Å². The third-order valence-electron chi connectivity index (χ3n) is 4.87. The highest BCUT2D eigenvalue weighted by Gasteiger charge is 2.17. The molecular weight excluding hydrogens is 382 g/mol. The number of aromatic amines is 1. The summed E-state index contributed by atoms with van der Waals surface area (Å²) in [6.45, 7) is 0.527. The second-order valence-electron chi connectivity index (χ2n) is 6.74. The molecule has 0 aliphatic rings. The van der Waals surface area contributed by atoms with Crippen molar-refractivity contribution in [1.29, 1.82) is 0 Å². The first-order chi connectivity index (χ1) is 14.7. The molecule has 0 aliphatic heterocycles. The Morgan fingerprint density at radius 1 is 0.967 bits per heavy atom. The van der Waals surface area contributed by atoms with Crippen molar-refractivity contribution in [2.45, 2.75) is 6.54 Å². The molecule has 5 aromatic rings. The number of aromatic nitrogens is 4. The van der Waals surface area contributed by atoms with Crippen LogP contribution >= 0.6 is 0 Å². The number of para-hydroxylation sites is 3. The molecule has 8 nitrogen and oxygen atoms in total. The topological polar surface area (TPSA) is 105 Å². The molecule has 0 bridgehead atoms. The number of imidazole rings is 1. The molecule has 8 heteroatoms. The van der Waals surface area contributed by atoms with Gasteiger partial charge < -0.3 is 15.2 Å². The Morgan fingerprint density at radius 3 is 2.60 bits per heavy atom. The number of hydrogen-bond acceptors (Lipinski definition) is 6. The van der Waals surface area contributed by atoms with Gasteiger partial charge in [0.2, 0.25) is 5.95 Å². The van der Waals surface area contributed by atoms with Crippen LogP contribution in [-0.4, -0.2) is 24.8 Å². The maximum Gasteiger partial charge on any atom is 0.333 e. The van der Waals surface area contributed by atoms with Gasteiger partial charge in [-0.2, -0.15) is 4.98 Å². The van der Waals surface area contributed by atoms with E-state index < -0.39 is 0 Å². The van der Waals surface area contributed by atoms with Crippen LogP contribution in [-0.2, 0) is 6.54 Å². The van der Waals surface area contributed by atoms with Crippen molar-refractivity contribution < 1.29 is 10.1 Å². The zero-order valence-corrected chi connectivity index (χ0v) is 15.7. The van der Waals surface area contributed by atoms with E-state index in [1.54, 1.807) is 12.1 Å². The van der Waals surface area contributed by atoms with Gasteiger partial charge in [-0.15, -0.1) is 0 Å². The summed E-state index contributed by atoms with van der Waals surface area (Å²) in [5.74, 6) is 0.867. The van der Waals surface area contributed by atoms with Crippen molar-refractivity contribution in [3.63, 3.8) is 0 Å². The van der Waals surface area contributed by atoms with Crippen molar-refractivity contribution >= 4 is 27.8 Å². The summed E-state index contributed by atoms with van der Waals surface area (Å²) in [6, 6.07) is 22.3. The zero-order valence-electron chi connectivity index (χ0n) is 15.7. The molecule has 5 rings (SSSR count). The van der Waals surface area contributed by atoms with Gasteiger partial charge in [-0.05, 0) is 29.8 Å². The Kier molecular flexibility index (Phi) is 4.38. The number of benzene rings is 3. The molecule has 148 valence electrons. The van der Waals surface area contributed by atoms with Gasteiger partial charge in [-0.25, -0.2) is 19.6 Å². The number of anilines is 1. The molecule has 0 atom stereocenters. The molecule has 0 unspecified atom stereocenters. The Labute approximate surface area is 170 Å². The lowest BCUT2D eigenvalue weighted by Crippen LogP contribution is -2.18. The highest BCUT2D eigenvalue weighted by molar-refractivity contribution is 5.93. The summed E-state index contributed by atoms with van der Waals surface area (Å²) in [4.78, 5) is 29.1. The Balaban J connectivity index is 1.71. The lowest BCUT2D eigenvalue weighted by molar-refractivity contribution is -0.136. The number of nitrogens with one attached hydrogen (secondary N) is 2. The van der Waals surface area contributed by atoms with Crippen LogP contribution in [0.15, 0.2) is 77.6 Å². The van der Waals surface area contributed by atoms with Gasteiger partial charge in [-0.3, -0.25) is 0 Å². The Morgan fingerprint density at radius 2 is 1.77 bits per heavy atom. The molecule has 0 spiro atoms. The van der Waals surface area contributed by atoms with Crippen LogP contribution in [0.2, 0.25) is 0 Å². The standard InChI is InChI=1S/C22H17N5O3/c28-22-24-16-10-4-5-11-17(16)27(22)21-25-19-15(9-6-12-18(19)30-29)20(26-21)23-13-14-7-2-1-3-8-14/h1-12,29H,13H2,(H,24,28)(H,23,25,26). The lowest BCUT2D eigenvalue weighted by atomic mass is 10.2. The molecule has 2 heterocycles. The van der Waals surface area contributed by atoms with Crippen molar-refractivity contribution in [2.24, 2.45) is 0 Å². The Bertz CT molecular complexity index is 1410. The Hall–Kier alpha value is -4.17. The number of rotatable bonds is 5. The molecule has 0 saturated carbocycles. The molecular formula is C22H17N5O3. The smallest absolute Gasteiger partial charge is 0.333 e. The van der Waals surface area contributed by atoms with Crippen LogP contribution in [0.3, 0.4) is 0 Å². The van der Waals surface area contributed by atoms with E-state index in [4.69, 9.17) is 0 Å². The number of H-pyrrole nitrogens is 1. The van der Waals surface area contributed by atoms with E-state index >= 15 is 0 Å². The minimum absolute atomic E-state index is 0.171. The second kappa shape index (κ2) is 7.34. The maximum absolute atomic E-state index is 12.6.